The Balaban J connectivity index is 1.90. The predicted molar refractivity (Wildman–Crippen MR) is 95.4 cm³/mol. The van der Waals surface area contributed by atoms with Crippen molar-refractivity contribution in [1.29, 1.82) is 0 Å². The van der Waals surface area contributed by atoms with E-state index in [1.54, 1.807) is 4.52 Å². The van der Waals surface area contributed by atoms with Gasteiger partial charge >= 0.3 is 0 Å². The first-order valence-electron chi connectivity index (χ1n) is 8.28. The van der Waals surface area contributed by atoms with Crippen LogP contribution in [0.5, 0.6) is 0 Å². The summed E-state index contributed by atoms with van der Waals surface area (Å²) in [5, 5.41) is 13.3. The molecule has 2 heterocycles. The van der Waals surface area contributed by atoms with Gasteiger partial charge in [0.1, 0.15) is 0 Å². The van der Waals surface area contributed by atoms with Gasteiger partial charge in [0.15, 0.2) is 11.3 Å². The zero-order valence-corrected chi connectivity index (χ0v) is 14.5. The van der Waals surface area contributed by atoms with Crippen molar-refractivity contribution >= 4 is 11.4 Å². The highest BCUT2D eigenvalue weighted by Crippen LogP contribution is 2.30. The third kappa shape index (κ3) is 2.50. The number of fused-ring (bicyclic) bond motifs is 3. The van der Waals surface area contributed by atoms with Crippen LogP contribution in [0.25, 0.3) is 16.8 Å². The van der Waals surface area contributed by atoms with Crippen LogP contribution in [0.3, 0.4) is 0 Å². The fourth-order valence-electron chi connectivity index (χ4n) is 3.35. The number of rotatable bonds is 2. The van der Waals surface area contributed by atoms with E-state index in [1.807, 2.05) is 62.5 Å². The lowest BCUT2D eigenvalue weighted by Crippen LogP contribution is -2.22. The maximum atomic E-state index is 12.7. The summed E-state index contributed by atoms with van der Waals surface area (Å²) in [5.74, 6) is -0.0567. The second-order valence-corrected chi connectivity index (χ2v) is 6.50. The average Bonchev–Trinajstić information content (AvgIpc) is 2.94. The van der Waals surface area contributed by atoms with E-state index in [4.69, 9.17) is 0 Å². The molecule has 2 aromatic heterocycles. The molecule has 0 fully saturated rings. The highest BCUT2D eigenvalue weighted by molar-refractivity contribution is 6.09. The molecular weight excluding hydrogens is 314 g/mol. The average molecular weight is 333 g/mol. The predicted octanol–water partition coefficient (Wildman–Crippen LogP) is 2.67. The van der Waals surface area contributed by atoms with E-state index in [0.29, 0.717) is 17.8 Å². The quantitative estimate of drug-likeness (QED) is 0.675. The normalized spacial score (nSPS) is 15.6. The summed E-state index contributed by atoms with van der Waals surface area (Å²) in [4.78, 5) is 14.6. The number of aryl methyl sites for hydroxylation is 2. The smallest absolute Gasteiger partial charge is 0.212 e. The second kappa shape index (κ2) is 5.81. The summed E-state index contributed by atoms with van der Waals surface area (Å²) in [7, 11) is 3.82. The number of Topliss-reactive ketones (excluding diaryl/α,β-unsaturated/α-hetero) is 1. The van der Waals surface area contributed by atoms with Gasteiger partial charge in [-0.05, 0) is 25.3 Å². The Kier molecular flexibility index (Phi) is 3.60. The van der Waals surface area contributed by atoms with Crippen molar-refractivity contribution in [2.45, 2.75) is 19.8 Å². The van der Waals surface area contributed by atoms with Crippen LogP contribution >= 0.6 is 0 Å². The van der Waals surface area contributed by atoms with Crippen molar-refractivity contribution in [2.75, 3.05) is 14.1 Å². The molecule has 4 rings (SSSR count). The molecule has 0 N–H and O–H groups in total. The zero-order valence-electron chi connectivity index (χ0n) is 14.5. The molecule has 0 saturated carbocycles. The summed E-state index contributed by atoms with van der Waals surface area (Å²) in [6, 6.07) is 10.0. The molecule has 0 amide bonds. The van der Waals surface area contributed by atoms with E-state index in [9.17, 15) is 4.79 Å². The topological polar surface area (TPSA) is 63.4 Å². The molecule has 0 aliphatic heterocycles. The SMILES string of the molecule is Cc1nn2c3c(nnc2c1-c1ccccc1)C(=O)/C(=C\N(C)C)CC3. The molecule has 0 spiro atoms. The number of aromatic nitrogens is 4. The van der Waals surface area contributed by atoms with Gasteiger partial charge in [0, 0.05) is 25.9 Å². The largest absolute Gasteiger partial charge is 0.383 e. The van der Waals surface area contributed by atoms with Crippen molar-refractivity contribution in [2.24, 2.45) is 0 Å². The van der Waals surface area contributed by atoms with Gasteiger partial charge in [-0.1, -0.05) is 30.3 Å². The number of allylic oxidation sites excluding steroid dienone is 1. The molecule has 1 aromatic carbocycles. The van der Waals surface area contributed by atoms with Crippen LogP contribution in [0, 0.1) is 6.92 Å². The van der Waals surface area contributed by atoms with Gasteiger partial charge < -0.3 is 4.90 Å². The fourth-order valence-corrected chi connectivity index (χ4v) is 3.35. The Morgan fingerprint density at radius 3 is 2.60 bits per heavy atom. The van der Waals surface area contributed by atoms with Gasteiger partial charge in [0.25, 0.3) is 0 Å². The second-order valence-electron chi connectivity index (χ2n) is 6.50. The van der Waals surface area contributed by atoms with Gasteiger partial charge in [-0.15, -0.1) is 10.2 Å². The number of carbonyl (C=O) groups is 1. The first-order valence-corrected chi connectivity index (χ1v) is 8.28. The molecule has 126 valence electrons. The molecule has 1 aliphatic carbocycles. The first kappa shape index (κ1) is 15.5. The molecule has 6 heteroatoms. The molecule has 3 aromatic rings. The van der Waals surface area contributed by atoms with Gasteiger partial charge in [-0.25, -0.2) is 4.52 Å². The summed E-state index contributed by atoms with van der Waals surface area (Å²) < 4.78 is 1.80. The van der Waals surface area contributed by atoms with Crippen molar-refractivity contribution < 1.29 is 4.79 Å². The lowest BCUT2D eigenvalue weighted by molar-refractivity contribution is 0.101. The molecule has 0 bridgehead atoms. The lowest BCUT2D eigenvalue weighted by atomic mass is 9.94. The molecular formula is C19H19N5O. The highest BCUT2D eigenvalue weighted by atomic mass is 16.1. The van der Waals surface area contributed by atoms with Crippen LogP contribution in [0.4, 0.5) is 0 Å². The summed E-state index contributed by atoms with van der Waals surface area (Å²) in [6.45, 7) is 1.96. The zero-order chi connectivity index (χ0) is 17.6. The third-order valence-electron chi connectivity index (χ3n) is 4.42. The van der Waals surface area contributed by atoms with Crippen LogP contribution in [0.15, 0.2) is 42.1 Å². The number of hydrogen-bond acceptors (Lipinski definition) is 5. The van der Waals surface area contributed by atoms with Crippen LogP contribution in [0.2, 0.25) is 0 Å². The maximum absolute atomic E-state index is 12.7. The molecule has 25 heavy (non-hydrogen) atoms. The van der Waals surface area contributed by atoms with Gasteiger partial charge in [-0.3, -0.25) is 4.79 Å². The lowest BCUT2D eigenvalue weighted by Gasteiger charge is -2.18. The van der Waals surface area contributed by atoms with Crippen LogP contribution < -0.4 is 0 Å². The molecule has 0 radical (unpaired) electrons. The van der Waals surface area contributed by atoms with E-state index < -0.39 is 0 Å². The van der Waals surface area contributed by atoms with E-state index in [0.717, 1.165) is 34.5 Å². The van der Waals surface area contributed by atoms with E-state index in [2.05, 4.69) is 15.3 Å². The van der Waals surface area contributed by atoms with Crippen LogP contribution in [-0.2, 0) is 6.42 Å². The van der Waals surface area contributed by atoms with E-state index in [-0.39, 0.29) is 5.78 Å². The van der Waals surface area contributed by atoms with Crippen molar-refractivity contribution in [3.05, 3.63) is 59.2 Å². The van der Waals surface area contributed by atoms with Gasteiger partial charge in [0.05, 0.1) is 17.0 Å². The Morgan fingerprint density at radius 2 is 1.88 bits per heavy atom. The number of carbonyl (C=O) groups excluding carboxylic acids is 1. The van der Waals surface area contributed by atoms with Crippen molar-refractivity contribution in [3.8, 4) is 11.1 Å². The number of ketones is 1. The maximum Gasteiger partial charge on any atom is 0.212 e. The van der Waals surface area contributed by atoms with Gasteiger partial charge in [0.2, 0.25) is 5.78 Å². The number of benzene rings is 1. The first-order chi connectivity index (χ1) is 12.1. The minimum Gasteiger partial charge on any atom is -0.383 e. The molecule has 6 nitrogen and oxygen atoms in total. The standard InChI is InChI=1S/C19H19N5O/c1-12-16(13-7-5-4-6-8-13)19-21-20-17-15(24(19)22-12)10-9-14(18(17)25)11-23(2)3/h4-8,11H,9-10H2,1-3H3/b14-11-. The Morgan fingerprint density at radius 1 is 1.12 bits per heavy atom. The van der Waals surface area contributed by atoms with Crippen LogP contribution in [0.1, 0.15) is 28.3 Å². The third-order valence-corrected chi connectivity index (χ3v) is 4.42. The van der Waals surface area contributed by atoms with Crippen LogP contribution in [-0.4, -0.2) is 44.6 Å². The highest BCUT2D eigenvalue weighted by Gasteiger charge is 2.28. The van der Waals surface area contributed by atoms with Crippen molar-refractivity contribution in [3.63, 3.8) is 0 Å². The number of nitrogens with zero attached hydrogens (tertiary/aromatic N) is 5. The van der Waals surface area contributed by atoms with E-state index >= 15 is 0 Å². The summed E-state index contributed by atoms with van der Waals surface area (Å²) in [6.07, 6.45) is 3.27. The summed E-state index contributed by atoms with van der Waals surface area (Å²) >= 11 is 0. The van der Waals surface area contributed by atoms with Gasteiger partial charge in [-0.2, -0.15) is 5.10 Å². The molecule has 0 unspecified atom stereocenters. The number of hydrogen-bond donors (Lipinski definition) is 0. The molecule has 0 saturated heterocycles. The summed E-state index contributed by atoms with van der Waals surface area (Å²) in [5.41, 5.74) is 5.63. The minimum absolute atomic E-state index is 0.0567. The Bertz CT molecular complexity index is 1000. The fraction of sp³-hybridized carbons (Fsp3) is 0.263. The van der Waals surface area contributed by atoms with E-state index in [1.165, 1.54) is 0 Å². The van der Waals surface area contributed by atoms with Crippen molar-refractivity contribution in [1.82, 2.24) is 24.7 Å². The minimum atomic E-state index is -0.0567. The molecule has 1 aliphatic rings. The monoisotopic (exact) mass is 333 g/mol. The Labute approximate surface area is 145 Å². The molecule has 0 atom stereocenters. The Hall–Kier alpha value is -3.02.